The monoisotopic (exact) mass is 581 g/mol. The summed E-state index contributed by atoms with van der Waals surface area (Å²) < 4.78 is 0. The molecule has 4 aromatic carbocycles. The predicted molar refractivity (Wildman–Crippen MR) is 169 cm³/mol. The van der Waals surface area contributed by atoms with E-state index in [4.69, 9.17) is 11.6 Å². The van der Waals surface area contributed by atoms with Crippen LogP contribution in [-0.4, -0.2) is 41.8 Å². The third kappa shape index (κ3) is 6.66. The summed E-state index contributed by atoms with van der Waals surface area (Å²) in [4.78, 5) is 44.3. The zero-order valence-corrected chi connectivity index (χ0v) is 24.8. The van der Waals surface area contributed by atoms with Gasteiger partial charge in [0.25, 0.3) is 5.91 Å². The van der Waals surface area contributed by atoms with Crippen LogP contribution in [0.5, 0.6) is 0 Å². The maximum Gasteiger partial charge on any atom is 0.258 e. The molecule has 1 heterocycles. The van der Waals surface area contributed by atoms with Crippen LogP contribution in [-0.2, 0) is 22.6 Å². The molecule has 0 aliphatic carbocycles. The lowest BCUT2D eigenvalue weighted by atomic mass is 10.0. The average Bonchev–Trinajstić information content (AvgIpc) is 3.26. The number of rotatable bonds is 12. The van der Waals surface area contributed by atoms with Crippen molar-refractivity contribution >= 4 is 45.8 Å². The predicted octanol–water partition coefficient (Wildman–Crippen LogP) is 6.65. The van der Waals surface area contributed by atoms with Crippen molar-refractivity contribution in [3.05, 3.63) is 113 Å². The van der Waals surface area contributed by atoms with E-state index in [2.05, 4.69) is 5.32 Å². The Kier molecular flexibility index (Phi) is 9.23. The van der Waals surface area contributed by atoms with E-state index in [1.54, 1.807) is 15.9 Å². The molecule has 1 aliphatic rings. The molecule has 7 heteroatoms. The number of anilines is 1. The molecule has 0 fully saturated rings. The first-order valence-electron chi connectivity index (χ1n) is 14.5. The van der Waals surface area contributed by atoms with Crippen LogP contribution < -0.4 is 10.2 Å². The summed E-state index contributed by atoms with van der Waals surface area (Å²) in [6.07, 6.45) is 1.05. The van der Waals surface area contributed by atoms with Crippen molar-refractivity contribution in [2.45, 2.75) is 45.7 Å². The summed E-state index contributed by atoms with van der Waals surface area (Å²) in [5, 5.41) is 5.62. The Hall–Kier alpha value is -4.16. The molecular formula is C35H36ClN3O3. The highest BCUT2D eigenvalue weighted by Gasteiger charge is 2.32. The Morgan fingerprint density at radius 1 is 0.905 bits per heavy atom. The van der Waals surface area contributed by atoms with Gasteiger partial charge in [0.1, 0.15) is 6.04 Å². The molecule has 0 spiro atoms. The van der Waals surface area contributed by atoms with Gasteiger partial charge in [-0.05, 0) is 53.1 Å². The SMILES string of the molecule is CC(C)CNC(=O)C(Cc1ccccc1)N(Cc1cccc(Cl)c1)C(=O)CCCN1C(=O)c2cccc3cccc1c23. The van der Waals surface area contributed by atoms with E-state index in [1.165, 1.54) is 0 Å². The highest BCUT2D eigenvalue weighted by atomic mass is 35.5. The van der Waals surface area contributed by atoms with E-state index in [0.717, 1.165) is 27.6 Å². The number of benzene rings is 4. The molecule has 1 unspecified atom stereocenters. The lowest BCUT2D eigenvalue weighted by Gasteiger charge is -2.32. The summed E-state index contributed by atoms with van der Waals surface area (Å²) in [5.74, 6) is -0.0900. The Balaban J connectivity index is 1.37. The lowest BCUT2D eigenvalue weighted by molar-refractivity contribution is -0.141. The Bertz CT molecular complexity index is 1580. The van der Waals surface area contributed by atoms with E-state index in [0.29, 0.717) is 36.5 Å². The third-order valence-corrected chi connectivity index (χ3v) is 7.85. The van der Waals surface area contributed by atoms with Gasteiger partial charge in [0.2, 0.25) is 11.8 Å². The minimum Gasteiger partial charge on any atom is -0.354 e. The number of hydrogen-bond acceptors (Lipinski definition) is 3. The van der Waals surface area contributed by atoms with Crippen molar-refractivity contribution in [3.8, 4) is 0 Å². The molecule has 1 N–H and O–H groups in total. The first kappa shape index (κ1) is 29.3. The van der Waals surface area contributed by atoms with Crippen LogP contribution in [0.2, 0.25) is 5.02 Å². The van der Waals surface area contributed by atoms with Crippen molar-refractivity contribution in [2.24, 2.45) is 5.92 Å². The Morgan fingerprint density at radius 2 is 1.62 bits per heavy atom. The summed E-state index contributed by atoms with van der Waals surface area (Å²) >= 11 is 6.29. The smallest absolute Gasteiger partial charge is 0.258 e. The number of nitrogens with zero attached hydrogens (tertiary/aromatic N) is 2. The van der Waals surface area contributed by atoms with E-state index in [1.807, 2.05) is 98.8 Å². The molecule has 6 nitrogen and oxygen atoms in total. The van der Waals surface area contributed by atoms with Crippen LogP contribution in [0.25, 0.3) is 10.8 Å². The normalized spacial score (nSPS) is 13.0. The van der Waals surface area contributed by atoms with Crippen LogP contribution in [0.15, 0.2) is 91.0 Å². The maximum absolute atomic E-state index is 14.0. The number of nitrogens with one attached hydrogen (secondary N) is 1. The molecule has 3 amide bonds. The number of amides is 3. The second-order valence-electron chi connectivity index (χ2n) is 11.2. The van der Waals surface area contributed by atoms with Crippen molar-refractivity contribution in [2.75, 3.05) is 18.0 Å². The van der Waals surface area contributed by atoms with Crippen molar-refractivity contribution in [1.29, 1.82) is 0 Å². The molecule has 1 aliphatic heterocycles. The first-order chi connectivity index (χ1) is 20.3. The molecule has 4 aromatic rings. The van der Waals surface area contributed by atoms with E-state index in [9.17, 15) is 14.4 Å². The Labute approximate surface area is 252 Å². The van der Waals surface area contributed by atoms with Gasteiger partial charge in [-0.1, -0.05) is 92.2 Å². The molecule has 0 bridgehead atoms. The van der Waals surface area contributed by atoms with E-state index >= 15 is 0 Å². The molecule has 1 atom stereocenters. The van der Waals surface area contributed by atoms with Crippen LogP contribution in [0.1, 0.15) is 48.2 Å². The fraction of sp³-hybridized carbons (Fsp3) is 0.286. The molecule has 0 saturated carbocycles. The Morgan fingerprint density at radius 3 is 2.36 bits per heavy atom. The van der Waals surface area contributed by atoms with Crippen LogP contribution in [0.3, 0.4) is 0 Å². The van der Waals surface area contributed by atoms with Gasteiger partial charge in [-0.25, -0.2) is 0 Å². The van der Waals surface area contributed by atoms with Gasteiger partial charge >= 0.3 is 0 Å². The third-order valence-electron chi connectivity index (χ3n) is 7.62. The zero-order chi connectivity index (χ0) is 29.6. The second kappa shape index (κ2) is 13.2. The fourth-order valence-corrected chi connectivity index (χ4v) is 5.75. The maximum atomic E-state index is 14.0. The number of carbonyl (C=O) groups excluding carboxylic acids is 3. The summed E-state index contributed by atoms with van der Waals surface area (Å²) in [6, 6.07) is 28.1. The largest absolute Gasteiger partial charge is 0.354 e. The molecule has 0 radical (unpaired) electrons. The first-order valence-corrected chi connectivity index (χ1v) is 14.9. The minimum atomic E-state index is -0.705. The van der Waals surface area contributed by atoms with Gasteiger partial charge in [-0.15, -0.1) is 0 Å². The van der Waals surface area contributed by atoms with Gasteiger partial charge in [0.05, 0.1) is 5.69 Å². The van der Waals surface area contributed by atoms with E-state index in [-0.39, 0.29) is 36.6 Å². The quantitative estimate of drug-likeness (QED) is 0.204. The number of halogens is 1. The van der Waals surface area contributed by atoms with Crippen molar-refractivity contribution in [1.82, 2.24) is 10.2 Å². The number of hydrogen-bond donors (Lipinski definition) is 1. The standard InChI is InChI=1S/C35H36ClN3O3/c1-24(2)22-37-34(41)31(21-25-10-4-3-5-11-25)39(23-26-12-6-15-28(36)20-26)32(40)18-9-19-38-30-17-8-14-27-13-7-16-29(33(27)30)35(38)42/h3-8,10-17,20,24,31H,9,18-19,21-23H2,1-2H3,(H,37,41). The van der Waals surface area contributed by atoms with Crippen LogP contribution >= 0.6 is 11.6 Å². The molecular weight excluding hydrogens is 546 g/mol. The van der Waals surface area contributed by atoms with Crippen molar-refractivity contribution in [3.63, 3.8) is 0 Å². The highest BCUT2D eigenvalue weighted by molar-refractivity contribution is 6.30. The molecule has 0 aromatic heterocycles. The van der Waals surface area contributed by atoms with Crippen LogP contribution in [0.4, 0.5) is 5.69 Å². The topological polar surface area (TPSA) is 69.7 Å². The minimum absolute atomic E-state index is 0.0416. The summed E-state index contributed by atoms with van der Waals surface area (Å²) in [7, 11) is 0. The summed E-state index contributed by atoms with van der Waals surface area (Å²) in [6.45, 7) is 5.26. The average molecular weight is 582 g/mol. The van der Waals surface area contributed by atoms with Gasteiger partial charge in [-0.3, -0.25) is 14.4 Å². The van der Waals surface area contributed by atoms with Gasteiger partial charge in [-0.2, -0.15) is 0 Å². The fourth-order valence-electron chi connectivity index (χ4n) is 5.54. The molecule has 216 valence electrons. The molecule has 42 heavy (non-hydrogen) atoms. The lowest BCUT2D eigenvalue weighted by Crippen LogP contribution is -2.51. The molecule has 5 rings (SSSR count). The second-order valence-corrected chi connectivity index (χ2v) is 11.7. The van der Waals surface area contributed by atoms with Crippen LogP contribution in [0, 0.1) is 5.92 Å². The molecule has 0 saturated heterocycles. The van der Waals surface area contributed by atoms with E-state index < -0.39 is 6.04 Å². The highest BCUT2D eigenvalue weighted by Crippen LogP contribution is 2.37. The van der Waals surface area contributed by atoms with Crippen molar-refractivity contribution < 1.29 is 14.4 Å². The van der Waals surface area contributed by atoms with Gasteiger partial charge in [0, 0.05) is 48.4 Å². The zero-order valence-electron chi connectivity index (χ0n) is 24.1. The number of carbonyl (C=O) groups is 3. The van der Waals surface area contributed by atoms with Gasteiger partial charge < -0.3 is 15.1 Å². The van der Waals surface area contributed by atoms with Gasteiger partial charge in [0.15, 0.2) is 0 Å². The summed E-state index contributed by atoms with van der Waals surface area (Å²) in [5.41, 5.74) is 3.40.